The summed E-state index contributed by atoms with van der Waals surface area (Å²) in [4.78, 5) is 34.4. The Kier molecular flexibility index (Phi) is 6.66. The predicted molar refractivity (Wildman–Crippen MR) is 100 cm³/mol. The van der Waals surface area contributed by atoms with Crippen LogP contribution in [-0.4, -0.2) is 21.2 Å². The van der Waals surface area contributed by atoms with Gasteiger partial charge in [-0.1, -0.05) is 29.8 Å². The second kappa shape index (κ2) is 8.57. The molecule has 0 aliphatic rings. The van der Waals surface area contributed by atoms with E-state index >= 15 is 0 Å². The molecule has 0 saturated heterocycles. The number of nitro groups is 1. The van der Waals surface area contributed by atoms with E-state index in [9.17, 15) is 24.1 Å². The molecule has 0 unspecified atom stereocenters. The highest BCUT2D eigenvalue weighted by molar-refractivity contribution is 9.10. The van der Waals surface area contributed by atoms with E-state index in [0.717, 1.165) is 23.5 Å². The highest BCUT2D eigenvalue weighted by Gasteiger charge is 2.36. The number of nitro benzene ring substituents is 1. The van der Waals surface area contributed by atoms with Crippen molar-refractivity contribution in [3.05, 3.63) is 50.5 Å². The Morgan fingerprint density at radius 1 is 1.26 bits per heavy atom. The van der Waals surface area contributed by atoms with Crippen LogP contribution in [0.4, 0.5) is 10.1 Å². The Labute approximate surface area is 166 Å². The van der Waals surface area contributed by atoms with Crippen molar-refractivity contribution in [1.29, 1.82) is 0 Å². The van der Waals surface area contributed by atoms with Gasteiger partial charge in [-0.25, -0.2) is 9.18 Å². The van der Waals surface area contributed by atoms with Gasteiger partial charge in [0.2, 0.25) is 0 Å². The molecule has 0 saturated carbocycles. The molecule has 0 bridgehead atoms. The lowest BCUT2D eigenvalue weighted by molar-refractivity contribution is -0.385. The van der Waals surface area contributed by atoms with E-state index in [1.165, 1.54) is 11.4 Å². The van der Waals surface area contributed by atoms with E-state index in [4.69, 9.17) is 9.47 Å². The number of thiophene rings is 1. The molecule has 27 heavy (non-hydrogen) atoms. The zero-order chi connectivity index (χ0) is 20.2. The van der Waals surface area contributed by atoms with Crippen LogP contribution in [0, 0.1) is 15.9 Å². The molecule has 0 fully saturated rings. The third-order valence-corrected chi connectivity index (χ3v) is 6.15. The Balaban J connectivity index is 2.20. The number of nitrogens with zero attached hydrogens (tertiary/aromatic N) is 1. The van der Waals surface area contributed by atoms with E-state index in [1.54, 1.807) is 13.8 Å². The normalized spacial score (nSPS) is 11.1. The van der Waals surface area contributed by atoms with Crippen molar-refractivity contribution in [2.45, 2.75) is 31.0 Å². The first-order chi connectivity index (χ1) is 12.7. The summed E-state index contributed by atoms with van der Waals surface area (Å²) in [6.07, 6.45) is 0.856. The molecule has 1 aromatic heterocycles. The molecule has 2 aromatic rings. The summed E-state index contributed by atoms with van der Waals surface area (Å²) >= 11 is 4.24. The maximum Gasteiger partial charge on any atom is 0.359 e. The zero-order valence-corrected chi connectivity index (χ0v) is 16.8. The number of esters is 2. The fourth-order valence-electron chi connectivity index (χ4n) is 2.09. The average molecular weight is 460 g/mol. The molecule has 1 aromatic carbocycles. The Morgan fingerprint density at radius 2 is 1.93 bits per heavy atom. The van der Waals surface area contributed by atoms with Crippen molar-refractivity contribution in [3.8, 4) is 11.5 Å². The first-order valence-electron chi connectivity index (χ1n) is 7.86. The summed E-state index contributed by atoms with van der Waals surface area (Å²) < 4.78 is 23.3. The Morgan fingerprint density at radius 3 is 2.48 bits per heavy atom. The maximum atomic E-state index is 14.0. The van der Waals surface area contributed by atoms with Crippen molar-refractivity contribution >= 4 is 44.9 Å². The number of carbonyl (C=O) groups excluding carboxylic acids is 2. The van der Waals surface area contributed by atoms with Gasteiger partial charge in [-0.3, -0.25) is 14.9 Å². The largest absolute Gasteiger partial charge is 0.452 e. The Hall–Kier alpha value is -2.33. The number of halogens is 2. The molecule has 0 aliphatic carbocycles. The van der Waals surface area contributed by atoms with Gasteiger partial charge in [-0.05, 0) is 30.4 Å². The van der Waals surface area contributed by atoms with Gasteiger partial charge < -0.3 is 9.47 Å². The molecule has 0 atom stereocenters. The number of alkyl halides is 1. The lowest BCUT2D eigenvalue weighted by Crippen LogP contribution is -2.34. The summed E-state index contributed by atoms with van der Waals surface area (Å²) in [5.74, 6) is -2.91. The van der Waals surface area contributed by atoms with Gasteiger partial charge in [0.25, 0.3) is 5.69 Å². The first-order valence-corrected chi connectivity index (χ1v) is 9.54. The minimum atomic E-state index is -0.967. The number of hydrogen-bond acceptors (Lipinski definition) is 7. The van der Waals surface area contributed by atoms with Crippen molar-refractivity contribution in [2.75, 3.05) is 0 Å². The SMILES string of the molecule is CCC(Br)(CC)C(=O)OC(=O)c1sccc1Oc1ccc([N+](=O)[O-])cc1F. The number of ether oxygens (including phenoxy) is 2. The molecule has 0 radical (unpaired) electrons. The van der Waals surface area contributed by atoms with Crippen LogP contribution in [0.3, 0.4) is 0 Å². The quantitative estimate of drug-likeness (QED) is 0.185. The second-order valence-corrected chi connectivity index (χ2v) is 7.87. The third kappa shape index (κ3) is 4.69. The van der Waals surface area contributed by atoms with Gasteiger partial charge in [0, 0.05) is 6.07 Å². The van der Waals surface area contributed by atoms with Crippen LogP contribution < -0.4 is 4.74 Å². The molecular formula is C17H15BrFNO6S. The van der Waals surface area contributed by atoms with Crippen LogP contribution in [-0.2, 0) is 9.53 Å². The zero-order valence-electron chi connectivity index (χ0n) is 14.4. The molecule has 0 amide bonds. The van der Waals surface area contributed by atoms with Crippen LogP contribution in [0.5, 0.6) is 11.5 Å². The van der Waals surface area contributed by atoms with Gasteiger partial charge in [0.1, 0.15) is 4.32 Å². The smallest absolute Gasteiger partial charge is 0.359 e. The number of non-ortho nitro benzene ring substituents is 1. The average Bonchev–Trinajstić information content (AvgIpc) is 3.10. The van der Waals surface area contributed by atoms with Gasteiger partial charge >= 0.3 is 11.9 Å². The highest BCUT2D eigenvalue weighted by Crippen LogP contribution is 2.34. The molecule has 10 heteroatoms. The fourth-order valence-corrected chi connectivity index (χ4v) is 2.86. The van der Waals surface area contributed by atoms with Gasteiger partial charge in [0.15, 0.2) is 22.2 Å². The van der Waals surface area contributed by atoms with Crippen molar-refractivity contribution in [3.63, 3.8) is 0 Å². The molecular weight excluding hydrogens is 445 g/mol. The van der Waals surface area contributed by atoms with E-state index in [2.05, 4.69) is 15.9 Å². The second-order valence-electron chi connectivity index (χ2n) is 5.44. The minimum Gasteiger partial charge on any atom is -0.452 e. The lowest BCUT2D eigenvalue weighted by atomic mass is 10.0. The van der Waals surface area contributed by atoms with E-state index in [-0.39, 0.29) is 16.4 Å². The van der Waals surface area contributed by atoms with Crippen molar-refractivity contribution in [1.82, 2.24) is 0 Å². The van der Waals surface area contributed by atoms with Crippen LogP contribution in [0.15, 0.2) is 29.6 Å². The molecule has 0 spiro atoms. The summed E-state index contributed by atoms with van der Waals surface area (Å²) in [6, 6.07) is 4.29. The van der Waals surface area contributed by atoms with Gasteiger partial charge in [-0.2, -0.15) is 0 Å². The first kappa shape index (κ1) is 21.0. The van der Waals surface area contributed by atoms with Crippen LogP contribution >= 0.6 is 27.3 Å². The molecule has 1 heterocycles. The molecule has 2 rings (SSSR count). The predicted octanol–water partition coefficient (Wildman–Crippen LogP) is 5.22. The van der Waals surface area contributed by atoms with Crippen LogP contribution in [0.1, 0.15) is 36.4 Å². The topological polar surface area (TPSA) is 95.7 Å². The molecule has 7 nitrogen and oxygen atoms in total. The maximum absolute atomic E-state index is 14.0. The highest BCUT2D eigenvalue weighted by atomic mass is 79.9. The molecule has 0 N–H and O–H groups in total. The van der Waals surface area contributed by atoms with Crippen LogP contribution in [0.2, 0.25) is 0 Å². The van der Waals surface area contributed by atoms with E-state index in [1.807, 2.05) is 0 Å². The summed E-state index contributed by atoms with van der Waals surface area (Å²) in [5, 5.41) is 12.2. The molecule has 0 aliphatic heterocycles. The summed E-state index contributed by atoms with van der Waals surface area (Å²) in [7, 11) is 0. The number of benzene rings is 1. The van der Waals surface area contributed by atoms with E-state index < -0.39 is 32.7 Å². The van der Waals surface area contributed by atoms with E-state index in [0.29, 0.717) is 18.9 Å². The molecule has 144 valence electrons. The number of carbonyl (C=O) groups is 2. The Bertz CT molecular complexity index is 880. The number of rotatable bonds is 7. The summed E-state index contributed by atoms with van der Waals surface area (Å²) in [5.41, 5.74) is -0.428. The monoisotopic (exact) mass is 459 g/mol. The van der Waals surface area contributed by atoms with Crippen LogP contribution in [0.25, 0.3) is 0 Å². The minimum absolute atomic E-state index is 0.0151. The fraction of sp³-hybridized carbons (Fsp3) is 0.294. The van der Waals surface area contributed by atoms with Gasteiger partial charge in [0.05, 0.1) is 11.0 Å². The van der Waals surface area contributed by atoms with Gasteiger partial charge in [-0.15, -0.1) is 11.3 Å². The van der Waals surface area contributed by atoms with Crippen molar-refractivity contribution < 1.29 is 28.4 Å². The lowest BCUT2D eigenvalue weighted by Gasteiger charge is -2.20. The standard InChI is InChI=1S/C17H15BrFNO6S/c1-3-17(18,4-2)16(22)26-15(21)14-13(7-8-27-14)25-12-6-5-10(20(23)24)9-11(12)19/h5-9H,3-4H2,1-2H3. The van der Waals surface area contributed by atoms with Crippen molar-refractivity contribution in [2.24, 2.45) is 0 Å². The third-order valence-electron chi connectivity index (χ3n) is 3.83. The number of hydrogen-bond donors (Lipinski definition) is 0. The summed E-state index contributed by atoms with van der Waals surface area (Å²) in [6.45, 7) is 3.56.